The van der Waals surface area contributed by atoms with E-state index in [4.69, 9.17) is 4.74 Å². The summed E-state index contributed by atoms with van der Waals surface area (Å²) in [5, 5.41) is 22.6. The second-order valence-electron chi connectivity index (χ2n) is 5.10. The summed E-state index contributed by atoms with van der Waals surface area (Å²) in [5.41, 5.74) is -0.0232. The number of benzene rings is 1. The van der Waals surface area contributed by atoms with E-state index >= 15 is 0 Å². The molecule has 0 aliphatic rings. The molecule has 0 spiro atoms. The fraction of sp³-hybridized carbons (Fsp3) is 0.385. The van der Waals surface area contributed by atoms with E-state index in [-0.39, 0.29) is 17.8 Å². The number of hydrogen-bond donors (Lipinski definition) is 2. The molecule has 6 nitrogen and oxygen atoms in total. The van der Waals surface area contributed by atoms with Gasteiger partial charge in [-0.05, 0) is 24.1 Å². The monoisotopic (exact) mass is 293 g/mol. The Kier molecular flexibility index (Phi) is 4.92. The molecule has 0 amide bonds. The van der Waals surface area contributed by atoms with Crippen LogP contribution in [0.5, 0.6) is 5.75 Å². The van der Waals surface area contributed by atoms with Gasteiger partial charge >= 0.3 is 7.12 Å². The molecule has 0 saturated heterocycles. The van der Waals surface area contributed by atoms with Crippen LogP contribution in [0.15, 0.2) is 24.5 Å². The largest absolute Gasteiger partial charge is 0.492 e. The molecule has 2 aromatic rings. The fourth-order valence-electron chi connectivity index (χ4n) is 1.89. The van der Waals surface area contributed by atoms with Crippen molar-refractivity contribution in [2.75, 3.05) is 0 Å². The molecule has 2 rings (SSSR count). The SMILES string of the molecule is CC(C)Cn1ncnc1COc1ccc(F)cc1B(O)O. The zero-order chi connectivity index (χ0) is 15.4. The van der Waals surface area contributed by atoms with E-state index in [0.717, 1.165) is 6.07 Å². The Morgan fingerprint density at radius 1 is 1.38 bits per heavy atom. The zero-order valence-electron chi connectivity index (χ0n) is 11.9. The van der Waals surface area contributed by atoms with Gasteiger partial charge < -0.3 is 14.8 Å². The van der Waals surface area contributed by atoms with Crippen LogP contribution >= 0.6 is 0 Å². The van der Waals surface area contributed by atoms with E-state index in [9.17, 15) is 14.4 Å². The molecule has 0 unspecified atom stereocenters. The first-order valence-corrected chi connectivity index (χ1v) is 6.62. The van der Waals surface area contributed by atoms with Crippen LogP contribution in [0.3, 0.4) is 0 Å². The van der Waals surface area contributed by atoms with Crippen LogP contribution < -0.4 is 10.2 Å². The molecule has 2 N–H and O–H groups in total. The van der Waals surface area contributed by atoms with Gasteiger partial charge in [-0.2, -0.15) is 5.10 Å². The molecule has 0 aliphatic heterocycles. The molecule has 0 fully saturated rings. The van der Waals surface area contributed by atoms with E-state index < -0.39 is 12.9 Å². The van der Waals surface area contributed by atoms with Crippen molar-refractivity contribution in [1.82, 2.24) is 14.8 Å². The summed E-state index contributed by atoms with van der Waals surface area (Å²) < 4.78 is 20.4. The lowest BCUT2D eigenvalue weighted by atomic mass is 9.79. The standard InChI is InChI=1S/C13H17BFN3O3/c1-9(2)6-18-13(16-8-17-18)7-21-12-4-3-10(15)5-11(12)14(19)20/h3-5,8-9,19-20H,6-7H2,1-2H3. The number of halogens is 1. The summed E-state index contributed by atoms with van der Waals surface area (Å²) in [6, 6.07) is 3.58. The minimum atomic E-state index is -1.80. The maximum atomic E-state index is 13.1. The quantitative estimate of drug-likeness (QED) is 0.750. The Labute approximate surface area is 122 Å². The molecule has 1 heterocycles. The van der Waals surface area contributed by atoms with Gasteiger partial charge in [-0.25, -0.2) is 14.1 Å². The van der Waals surface area contributed by atoms with Crippen molar-refractivity contribution in [2.24, 2.45) is 5.92 Å². The average Bonchev–Trinajstić information content (AvgIpc) is 2.83. The summed E-state index contributed by atoms with van der Waals surface area (Å²) in [4.78, 5) is 4.10. The first-order valence-electron chi connectivity index (χ1n) is 6.62. The van der Waals surface area contributed by atoms with E-state index in [1.54, 1.807) is 4.68 Å². The molecule has 1 aromatic heterocycles. The van der Waals surface area contributed by atoms with Crippen molar-refractivity contribution in [1.29, 1.82) is 0 Å². The second kappa shape index (κ2) is 6.69. The van der Waals surface area contributed by atoms with Gasteiger partial charge in [0, 0.05) is 12.0 Å². The van der Waals surface area contributed by atoms with E-state index in [1.807, 2.05) is 0 Å². The van der Waals surface area contributed by atoms with Crippen LogP contribution in [0.2, 0.25) is 0 Å². The molecule has 0 bridgehead atoms. The molecule has 0 atom stereocenters. The van der Waals surface area contributed by atoms with Crippen molar-refractivity contribution < 1.29 is 19.2 Å². The third-order valence-corrected chi connectivity index (χ3v) is 2.84. The number of ether oxygens (including phenoxy) is 1. The van der Waals surface area contributed by atoms with E-state index in [1.165, 1.54) is 18.5 Å². The third kappa shape index (κ3) is 4.02. The highest BCUT2D eigenvalue weighted by molar-refractivity contribution is 6.59. The minimum Gasteiger partial charge on any atom is -0.486 e. The molecule has 0 radical (unpaired) electrons. The lowest BCUT2D eigenvalue weighted by Gasteiger charge is -2.12. The van der Waals surface area contributed by atoms with Gasteiger partial charge in [-0.1, -0.05) is 13.8 Å². The van der Waals surface area contributed by atoms with Crippen molar-refractivity contribution >= 4 is 12.6 Å². The highest BCUT2D eigenvalue weighted by Crippen LogP contribution is 2.12. The Balaban J connectivity index is 2.12. The summed E-state index contributed by atoms with van der Waals surface area (Å²) in [7, 11) is -1.80. The van der Waals surface area contributed by atoms with Crippen molar-refractivity contribution in [3.05, 3.63) is 36.2 Å². The van der Waals surface area contributed by atoms with Gasteiger partial charge in [0.25, 0.3) is 0 Å². The smallest absolute Gasteiger partial charge is 0.486 e. The maximum Gasteiger partial charge on any atom is 0.492 e. The van der Waals surface area contributed by atoms with Crippen LogP contribution in [0.25, 0.3) is 0 Å². The maximum absolute atomic E-state index is 13.1. The lowest BCUT2D eigenvalue weighted by molar-refractivity contribution is 0.283. The molecule has 112 valence electrons. The van der Waals surface area contributed by atoms with Crippen LogP contribution in [0.4, 0.5) is 4.39 Å². The fourth-order valence-corrected chi connectivity index (χ4v) is 1.89. The van der Waals surface area contributed by atoms with Gasteiger partial charge in [0.05, 0.1) is 0 Å². The molecule has 8 heteroatoms. The molecular weight excluding hydrogens is 276 g/mol. The van der Waals surface area contributed by atoms with Gasteiger partial charge in [0.15, 0.2) is 5.82 Å². The number of nitrogens with zero attached hydrogens (tertiary/aromatic N) is 3. The highest BCUT2D eigenvalue weighted by Gasteiger charge is 2.19. The molecule has 0 saturated carbocycles. The summed E-state index contributed by atoms with van der Waals surface area (Å²) >= 11 is 0. The first kappa shape index (κ1) is 15.5. The Morgan fingerprint density at radius 3 is 2.81 bits per heavy atom. The average molecular weight is 293 g/mol. The van der Waals surface area contributed by atoms with Crippen molar-refractivity contribution in [2.45, 2.75) is 27.0 Å². The van der Waals surface area contributed by atoms with Crippen LogP contribution in [0.1, 0.15) is 19.7 Å². The number of hydrogen-bond acceptors (Lipinski definition) is 5. The second-order valence-corrected chi connectivity index (χ2v) is 5.10. The molecular formula is C13H17BFN3O3. The number of aromatic nitrogens is 3. The Bertz CT molecular complexity index is 604. The van der Waals surface area contributed by atoms with Crippen molar-refractivity contribution in [3.8, 4) is 5.75 Å². The van der Waals surface area contributed by atoms with E-state index in [2.05, 4.69) is 23.9 Å². The molecule has 21 heavy (non-hydrogen) atoms. The Hall–Kier alpha value is -1.93. The van der Waals surface area contributed by atoms with Crippen molar-refractivity contribution in [3.63, 3.8) is 0 Å². The normalized spacial score (nSPS) is 11.0. The highest BCUT2D eigenvalue weighted by atomic mass is 19.1. The predicted molar refractivity (Wildman–Crippen MR) is 75.4 cm³/mol. The van der Waals surface area contributed by atoms with Gasteiger partial charge in [-0.3, -0.25) is 0 Å². The summed E-state index contributed by atoms with van der Waals surface area (Å²) in [5.74, 6) is 0.663. The Morgan fingerprint density at radius 2 is 2.14 bits per heavy atom. The summed E-state index contributed by atoms with van der Waals surface area (Å²) in [6.45, 7) is 4.94. The van der Waals surface area contributed by atoms with Crippen LogP contribution in [0, 0.1) is 11.7 Å². The lowest BCUT2D eigenvalue weighted by Crippen LogP contribution is -2.32. The first-order chi connectivity index (χ1) is 9.97. The van der Waals surface area contributed by atoms with Crippen LogP contribution in [-0.2, 0) is 13.2 Å². The topological polar surface area (TPSA) is 80.4 Å². The molecule has 0 aliphatic carbocycles. The predicted octanol–water partition coefficient (Wildman–Crippen LogP) is 0.332. The third-order valence-electron chi connectivity index (χ3n) is 2.84. The minimum absolute atomic E-state index is 0.0232. The zero-order valence-corrected chi connectivity index (χ0v) is 11.9. The van der Waals surface area contributed by atoms with E-state index in [0.29, 0.717) is 18.3 Å². The number of rotatable bonds is 6. The van der Waals surface area contributed by atoms with Gasteiger partial charge in [0.1, 0.15) is 24.5 Å². The summed E-state index contributed by atoms with van der Waals surface area (Å²) in [6.07, 6.45) is 1.44. The van der Waals surface area contributed by atoms with Gasteiger partial charge in [-0.15, -0.1) is 0 Å². The van der Waals surface area contributed by atoms with Gasteiger partial charge in [0.2, 0.25) is 0 Å². The van der Waals surface area contributed by atoms with Crippen LogP contribution in [-0.4, -0.2) is 31.9 Å². The molecule has 1 aromatic carbocycles.